The summed E-state index contributed by atoms with van der Waals surface area (Å²) in [4.78, 5) is 10.9. The molecule has 1 unspecified atom stereocenters. The van der Waals surface area contributed by atoms with Gasteiger partial charge in [0.2, 0.25) is 0 Å². The van der Waals surface area contributed by atoms with Gasteiger partial charge < -0.3 is 10.2 Å². The Kier molecular flexibility index (Phi) is 5.55. The molecule has 18 heavy (non-hydrogen) atoms. The molecule has 0 saturated carbocycles. The highest BCUT2D eigenvalue weighted by Crippen LogP contribution is 2.15. The maximum absolute atomic E-state index is 4.24. The van der Waals surface area contributed by atoms with E-state index < -0.39 is 0 Å². The Bertz CT molecular complexity index is 328. The molecule has 0 radical (unpaired) electrons. The number of nitrogens with one attached hydrogen (secondary N) is 1. The summed E-state index contributed by atoms with van der Waals surface area (Å²) in [7, 11) is 0. The van der Waals surface area contributed by atoms with Crippen molar-refractivity contribution in [1.82, 2.24) is 20.2 Å². The van der Waals surface area contributed by atoms with Gasteiger partial charge in [0.15, 0.2) is 0 Å². The Morgan fingerprint density at radius 3 is 3.11 bits per heavy atom. The molecule has 0 aliphatic carbocycles. The first-order valence-corrected chi connectivity index (χ1v) is 7.06. The van der Waals surface area contributed by atoms with Crippen molar-refractivity contribution < 1.29 is 0 Å². The van der Waals surface area contributed by atoms with Crippen molar-refractivity contribution in [3.8, 4) is 0 Å². The standard InChI is InChI=1S/C14H24N4/c1-13-5-2-3-9-18(13)10-4-6-15-11-14-12-16-7-8-17-14/h7-8,12-13,15H,2-6,9-11H2,1H3. The Labute approximate surface area is 110 Å². The molecule has 0 amide bonds. The molecule has 1 aromatic rings. The van der Waals surface area contributed by atoms with Crippen LogP contribution >= 0.6 is 0 Å². The summed E-state index contributed by atoms with van der Waals surface area (Å²) in [5.41, 5.74) is 1.02. The zero-order valence-electron chi connectivity index (χ0n) is 11.3. The van der Waals surface area contributed by atoms with Crippen LogP contribution in [0.15, 0.2) is 18.6 Å². The van der Waals surface area contributed by atoms with Crippen LogP contribution in [0.1, 0.15) is 38.3 Å². The third-order valence-corrected chi connectivity index (χ3v) is 3.66. The molecule has 2 heterocycles. The van der Waals surface area contributed by atoms with Gasteiger partial charge in [-0.15, -0.1) is 0 Å². The van der Waals surface area contributed by atoms with Crippen molar-refractivity contribution >= 4 is 0 Å². The first-order chi connectivity index (χ1) is 8.86. The van der Waals surface area contributed by atoms with E-state index in [1.54, 1.807) is 12.4 Å². The van der Waals surface area contributed by atoms with Crippen LogP contribution in [-0.4, -0.2) is 40.5 Å². The van der Waals surface area contributed by atoms with E-state index in [4.69, 9.17) is 0 Å². The second kappa shape index (κ2) is 7.44. The molecule has 1 atom stereocenters. The van der Waals surface area contributed by atoms with Gasteiger partial charge in [-0.3, -0.25) is 9.97 Å². The van der Waals surface area contributed by atoms with E-state index in [-0.39, 0.29) is 0 Å². The summed E-state index contributed by atoms with van der Waals surface area (Å²) in [5, 5.41) is 3.43. The molecule has 4 heteroatoms. The van der Waals surface area contributed by atoms with Crippen molar-refractivity contribution in [3.05, 3.63) is 24.3 Å². The van der Waals surface area contributed by atoms with Crippen LogP contribution in [0.25, 0.3) is 0 Å². The molecule has 1 aromatic heterocycles. The van der Waals surface area contributed by atoms with E-state index in [0.717, 1.165) is 24.8 Å². The number of hydrogen-bond acceptors (Lipinski definition) is 4. The topological polar surface area (TPSA) is 41.0 Å². The summed E-state index contributed by atoms with van der Waals surface area (Å²) < 4.78 is 0. The second-order valence-corrected chi connectivity index (χ2v) is 5.11. The number of likely N-dealkylation sites (tertiary alicyclic amines) is 1. The van der Waals surface area contributed by atoms with E-state index in [9.17, 15) is 0 Å². The van der Waals surface area contributed by atoms with Crippen LogP contribution in [0, 0.1) is 0 Å². The minimum Gasteiger partial charge on any atom is -0.311 e. The normalized spacial score (nSPS) is 21.1. The van der Waals surface area contributed by atoms with Crippen LogP contribution in [0.3, 0.4) is 0 Å². The lowest BCUT2D eigenvalue weighted by Crippen LogP contribution is -2.38. The molecule has 2 rings (SSSR count). The SMILES string of the molecule is CC1CCCCN1CCCNCc1cnccn1. The highest BCUT2D eigenvalue weighted by atomic mass is 15.2. The van der Waals surface area contributed by atoms with Crippen molar-refractivity contribution in [2.24, 2.45) is 0 Å². The molecule has 100 valence electrons. The number of hydrogen-bond donors (Lipinski definition) is 1. The molecule has 0 aromatic carbocycles. The highest BCUT2D eigenvalue weighted by Gasteiger charge is 2.16. The Morgan fingerprint density at radius 1 is 1.39 bits per heavy atom. The lowest BCUT2D eigenvalue weighted by Gasteiger charge is -2.33. The van der Waals surface area contributed by atoms with Gasteiger partial charge in [0.1, 0.15) is 0 Å². The first kappa shape index (κ1) is 13.4. The summed E-state index contributed by atoms with van der Waals surface area (Å²) in [6.07, 6.45) is 10.6. The fraction of sp³-hybridized carbons (Fsp3) is 0.714. The van der Waals surface area contributed by atoms with Crippen LogP contribution in [0.5, 0.6) is 0 Å². The van der Waals surface area contributed by atoms with Crippen molar-refractivity contribution in [2.45, 2.75) is 45.2 Å². The average molecular weight is 248 g/mol. The molecule has 0 spiro atoms. The van der Waals surface area contributed by atoms with Gasteiger partial charge in [-0.25, -0.2) is 0 Å². The highest BCUT2D eigenvalue weighted by molar-refractivity contribution is 4.93. The predicted octanol–water partition coefficient (Wildman–Crippen LogP) is 1.83. The van der Waals surface area contributed by atoms with Gasteiger partial charge in [0.25, 0.3) is 0 Å². The number of piperidine rings is 1. The third-order valence-electron chi connectivity index (χ3n) is 3.66. The fourth-order valence-corrected chi connectivity index (χ4v) is 2.53. The van der Waals surface area contributed by atoms with Crippen molar-refractivity contribution in [1.29, 1.82) is 0 Å². The molecule has 0 bridgehead atoms. The summed E-state index contributed by atoms with van der Waals surface area (Å²) in [6.45, 7) is 6.73. The number of aromatic nitrogens is 2. The third kappa shape index (κ3) is 4.35. The van der Waals surface area contributed by atoms with E-state index in [2.05, 4.69) is 27.1 Å². The summed E-state index contributed by atoms with van der Waals surface area (Å²) in [6, 6.07) is 0.777. The van der Waals surface area contributed by atoms with Gasteiger partial charge in [-0.2, -0.15) is 0 Å². The lowest BCUT2D eigenvalue weighted by molar-refractivity contribution is 0.159. The van der Waals surface area contributed by atoms with Crippen molar-refractivity contribution in [2.75, 3.05) is 19.6 Å². The van der Waals surface area contributed by atoms with Gasteiger partial charge >= 0.3 is 0 Å². The number of rotatable bonds is 6. The van der Waals surface area contributed by atoms with E-state index in [1.165, 1.54) is 38.8 Å². The van der Waals surface area contributed by atoms with Crippen LogP contribution in [-0.2, 0) is 6.54 Å². The minimum atomic E-state index is 0.777. The van der Waals surface area contributed by atoms with Crippen LogP contribution in [0.4, 0.5) is 0 Å². The van der Waals surface area contributed by atoms with Crippen LogP contribution < -0.4 is 5.32 Å². The Balaban J connectivity index is 1.56. The van der Waals surface area contributed by atoms with Gasteiger partial charge in [0, 0.05) is 31.2 Å². The molecule has 1 saturated heterocycles. The molecule has 4 nitrogen and oxygen atoms in total. The molecule has 1 N–H and O–H groups in total. The Hall–Kier alpha value is -1.00. The number of nitrogens with zero attached hydrogens (tertiary/aromatic N) is 3. The maximum Gasteiger partial charge on any atom is 0.0724 e. The Morgan fingerprint density at radius 2 is 2.33 bits per heavy atom. The predicted molar refractivity (Wildman–Crippen MR) is 73.2 cm³/mol. The van der Waals surface area contributed by atoms with E-state index in [1.807, 2.05) is 6.20 Å². The quantitative estimate of drug-likeness (QED) is 0.780. The monoisotopic (exact) mass is 248 g/mol. The minimum absolute atomic E-state index is 0.777. The fourth-order valence-electron chi connectivity index (χ4n) is 2.53. The molecular formula is C14H24N4. The van der Waals surface area contributed by atoms with Gasteiger partial charge in [0.05, 0.1) is 5.69 Å². The first-order valence-electron chi connectivity index (χ1n) is 7.06. The average Bonchev–Trinajstić information content (AvgIpc) is 2.42. The molecule has 1 aliphatic rings. The zero-order chi connectivity index (χ0) is 12.6. The second-order valence-electron chi connectivity index (χ2n) is 5.11. The van der Waals surface area contributed by atoms with Crippen molar-refractivity contribution in [3.63, 3.8) is 0 Å². The van der Waals surface area contributed by atoms with E-state index in [0.29, 0.717) is 0 Å². The summed E-state index contributed by atoms with van der Waals surface area (Å²) >= 11 is 0. The summed E-state index contributed by atoms with van der Waals surface area (Å²) in [5.74, 6) is 0. The van der Waals surface area contributed by atoms with Gasteiger partial charge in [-0.05, 0) is 45.8 Å². The molecule has 1 fully saturated rings. The smallest absolute Gasteiger partial charge is 0.0724 e. The molecular weight excluding hydrogens is 224 g/mol. The lowest BCUT2D eigenvalue weighted by atomic mass is 10.0. The largest absolute Gasteiger partial charge is 0.311 e. The van der Waals surface area contributed by atoms with Gasteiger partial charge in [-0.1, -0.05) is 6.42 Å². The zero-order valence-corrected chi connectivity index (χ0v) is 11.3. The van der Waals surface area contributed by atoms with E-state index >= 15 is 0 Å². The van der Waals surface area contributed by atoms with Crippen LogP contribution in [0.2, 0.25) is 0 Å². The molecule has 1 aliphatic heterocycles. The maximum atomic E-state index is 4.24.